The zero-order valence-electron chi connectivity index (χ0n) is 12.6. The van der Waals surface area contributed by atoms with Crippen LogP contribution in [0, 0.1) is 0 Å². The van der Waals surface area contributed by atoms with Gasteiger partial charge in [-0.15, -0.1) is 0 Å². The van der Waals surface area contributed by atoms with Crippen LogP contribution in [0.15, 0.2) is 24.3 Å². The van der Waals surface area contributed by atoms with Crippen LogP contribution >= 0.6 is 0 Å². The molecular weight excluding hydrogens is 278 g/mol. The average Bonchev–Trinajstić information content (AvgIpc) is 2.98. The van der Waals surface area contributed by atoms with Crippen LogP contribution in [-0.4, -0.2) is 30.6 Å². The monoisotopic (exact) mass is 297 g/mol. The van der Waals surface area contributed by atoms with E-state index in [-0.39, 0.29) is 12.5 Å². The molecule has 2 aliphatic rings. The number of likely N-dealkylation sites (N-methyl/N-ethyl adjacent to an activating group) is 1. The molecule has 1 aromatic heterocycles. The molecule has 22 heavy (non-hydrogen) atoms. The van der Waals surface area contributed by atoms with Crippen molar-refractivity contribution in [1.29, 1.82) is 0 Å². The molecule has 2 N–H and O–H groups in total. The first-order valence-corrected chi connectivity index (χ1v) is 7.75. The van der Waals surface area contributed by atoms with Gasteiger partial charge in [0, 0.05) is 43.0 Å². The van der Waals surface area contributed by atoms with Crippen LogP contribution in [-0.2, 0) is 17.8 Å². The Morgan fingerprint density at radius 2 is 2.23 bits per heavy atom. The summed E-state index contributed by atoms with van der Waals surface area (Å²) in [6.45, 7) is 4.70. The number of H-pyrrole nitrogens is 1. The van der Waals surface area contributed by atoms with E-state index in [1.807, 2.05) is 25.1 Å². The summed E-state index contributed by atoms with van der Waals surface area (Å²) in [4.78, 5) is 17.3. The minimum Gasteiger partial charge on any atom is -0.482 e. The number of carbonyl (C=O) groups is 1. The van der Waals surface area contributed by atoms with Crippen LogP contribution in [0.4, 0.5) is 5.69 Å². The van der Waals surface area contributed by atoms with Crippen molar-refractivity contribution in [3.63, 3.8) is 0 Å². The van der Waals surface area contributed by atoms with E-state index >= 15 is 0 Å². The second kappa shape index (κ2) is 5.18. The molecule has 5 nitrogen and oxygen atoms in total. The number of aromatic nitrogens is 1. The molecule has 0 atom stereocenters. The first-order valence-electron chi connectivity index (χ1n) is 7.75. The van der Waals surface area contributed by atoms with Crippen molar-refractivity contribution in [2.45, 2.75) is 19.9 Å². The number of amides is 1. The van der Waals surface area contributed by atoms with Crippen LogP contribution in [0.1, 0.15) is 18.2 Å². The van der Waals surface area contributed by atoms with Crippen molar-refractivity contribution in [2.24, 2.45) is 0 Å². The maximum absolute atomic E-state index is 12.0. The molecule has 0 saturated heterocycles. The van der Waals surface area contributed by atoms with Gasteiger partial charge >= 0.3 is 0 Å². The molecule has 0 aliphatic carbocycles. The highest BCUT2D eigenvalue weighted by Gasteiger charge is 2.25. The standard InChI is InChI=1S/C17H19N3O2/c1-2-20-15-8-11(3-4-16(15)22-10-17(20)21)14-7-12-9-18-6-5-13(12)19-14/h3-4,7-8,18-19H,2,5-6,9-10H2,1H3. The summed E-state index contributed by atoms with van der Waals surface area (Å²) in [5.74, 6) is 0.797. The van der Waals surface area contributed by atoms with Crippen LogP contribution in [0.2, 0.25) is 0 Å². The Kier molecular flexibility index (Phi) is 3.15. The van der Waals surface area contributed by atoms with Gasteiger partial charge in [0.2, 0.25) is 0 Å². The highest BCUT2D eigenvalue weighted by molar-refractivity contribution is 5.98. The molecule has 4 rings (SSSR count). The van der Waals surface area contributed by atoms with Crippen molar-refractivity contribution >= 4 is 11.6 Å². The van der Waals surface area contributed by atoms with E-state index in [0.717, 1.165) is 42.2 Å². The van der Waals surface area contributed by atoms with Crippen molar-refractivity contribution in [2.75, 3.05) is 24.6 Å². The van der Waals surface area contributed by atoms with Gasteiger partial charge in [0.25, 0.3) is 5.91 Å². The molecule has 0 radical (unpaired) electrons. The van der Waals surface area contributed by atoms with Gasteiger partial charge in [-0.1, -0.05) is 0 Å². The number of fused-ring (bicyclic) bond motifs is 2. The summed E-state index contributed by atoms with van der Waals surface area (Å²) in [6.07, 6.45) is 1.03. The Morgan fingerprint density at radius 1 is 1.32 bits per heavy atom. The lowest BCUT2D eigenvalue weighted by Gasteiger charge is -2.28. The summed E-state index contributed by atoms with van der Waals surface area (Å²) in [7, 11) is 0. The number of hydrogen-bond acceptors (Lipinski definition) is 3. The normalized spacial score (nSPS) is 17.0. The molecule has 0 spiro atoms. The van der Waals surface area contributed by atoms with Crippen LogP contribution < -0.4 is 15.0 Å². The van der Waals surface area contributed by atoms with Crippen molar-refractivity contribution in [1.82, 2.24) is 10.3 Å². The molecule has 2 aliphatic heterocycles. The quantitative estimate of drug-likeness (QED) is 0.892. The molecule has 0 saturated carbocycles. The second-order valence-corrected chi connectivity index (χ2v) is 5.72. The number of rotatable bonds is 2. The number of aromatic amines is 1. The lowest BCUT2D eigenvalue weighted by Crippen LogP contribution is -2.38. The van der Waals surface area contributed by atoms with Crippen molar-refractivity contribution < 1.29 is 9.53 Å². The first kappa shape index (κ1) is 13.4. The van der Waals surface area contributed by atoms with E-state index in [0.29, 0.717) is 6.54 Å². The van der Waals surface area contributed by atoms with Gasteiger partial charge in [-0.05, 0) is 36.8 Å². The Bertz CT molecular complexity index is 712. The van der Waals surface area contributed by atoms with Gasteiger partial charge < -0.3 is 19.9 Å². The summed E-state index contributed by atoms with van der Waals surface area (Å²) < 4.78 is 5.53. The molecule has 3 heterocycles. The maximum Gasteiger partial charge on any atom is 0.265 e. The number of hydrogen-bond donors (Lipinski definition) is 2. The van der Waals surface area contributed by atoms with E-state index in [4.69, 9.17) is 4.74 Å². The SMILES string of the molecule is CCN1C(=O)COc2ccc(-c3cc4c([nH]3)CCNC4)cc21. The predicted octanol–water partition coefficient (Wildman–Crippen LogP) is 2.07. The molecule has 5 heteroatoms. The smallest absolute Gasteiger partial charge is 0.265 e. The minimum atomic E-state index is 0.0159. The highest BCUT2D eigenvalue weighted by Crippen LogP contribution is 2.36. The summed E-state index contributed by atoms with van der Waals surface area (Å²) in [6, 6.07) is 8.25. The molecular formula is C17H19N3O2. The van der Waals surface area contributed by atoms with E-state index in [9.17, 15) is 4.79 Å². The van der Waals surface area contributed by atoms with Gasteiger partial charge in [-0.25, -0.2) is 0 Å². The van der Waals surface area contributed by atoms with Crippen LogP contribution in [0.5, 0.6) is 5.75 Å². The molecule has 1 aromatic carbocycles. The number of nitrogens with one attached hydrogen (secondary N) is 2. The highest BCUT2D eigenvalue weighted by atomic mass is 16.5. The van der Waals surface area contributed by atoms with E-state index in [1.54, 1.807) is 4.90 Å². The number of benzene rings is 1. The number of anilines is 1. The third kappa shape index (κ3) is 2.09. The van der Waals surface area contributed by atoms with E-state index in [2.05, 4.69) is 16.4 Å². The number of nitrogens with zero attached hydrogens (tertiary/aromatic N) is 1. The molecule has 114 valence electrons. The largest absolute Gasteiger partial charge is 0.482 e. The molecule has 1 amide bonds. The summed E-state index contributed by atoms with van der Waals surface area (Å²) in [5, 5.41) is 3.38. The van der Waals surface area contributed by atoms with Crippen LogP contribution in [0.25, 0.3) is 11.3 Å². The lowest BCUT2D eigenvalue weighted by molar-refractivity contribution is -0.121. The zero-order valence-corrected chi connectivity index (χ0v) is 12.6. The minimum absolute atomic E-state index is 0.0159. The first-order chi connectivity index (χ1) is 10.8. The van der Waals surface area contributed by atoms with Crippen molar-refractivity contribution in [3.05, 3.63) is 35.5 Å². The van der Waals surface area contributed by atoms with Crippen LogP contribution in [0.3, 0.4) is 0 Å². The number of carbonyl (C=O) groups excluding carboxylic acids is 1. The van der Waals surface area contributed by atoms with E-state index in [1.165, 1.54) is 11.3 Å². The Balaban J connectivity index is 1.76. The molecule has 0 unspecified atom stereocenters. The Morgan fingerprint density at radius 3 is 3.05 bits per heavy atom. The topological polar surface area (TPSA) is 57.4 Å². The zero-order chi connectivity index (χ0) is 15.1. The lowest BCUT2D eigenvalue weighted by atomic mass is 10.1. The van der Waals surface area contributed by atoms with Crippen molar-refractivity contribution in [3.8, 4) is 17.0 Å². The molecule has 0 fully saturated rings. The van der Waals surface area contributed by atoms with Gasteiger partial charge in [0.05, 0.1) is 5.69 Å². The average molecular weight is 297 g/mol. The fraction of sp³-hybridized carbons (Fsp3) is 0.353. The fourth-order valence-electron chi connectivity index (χ4n) is 3.23. The second-order valence-electron chi connectivity index (χ2n) is 5.72. The fourth-order valence-corrected chi connectivity index (χ4v) is 3.23. The van der Waals surface area contributed by atoms with E-state index < -0.39 is 0 Å². The van der Waals surface area contributed by atoms with Gasteiger partial charge in [-0.2, -0.15) is 0 Å². The number of ether oxygens (including phenoxy) is 1. The predicted molar refractivity (Wildman–Crippen MR) is 85.2 cm³/mol. The maximum atomic E-state index is 12.0. The molecule has 0 bridgehead atoms. The third-order valence-electron chi connectivity index (χ3n) is 4.39. The Labute approximate surface area is 129 Å². The van der Waals surface area contributed by atoms with Gasteiger partial charge in [0.1, 0.15) is 5.75 Å². The Hall–Kier alpha value is -2.27. The summed E-state index contributed by atoms with van der Waals surface area (Å²) in [5.41, 5.74) is 5.70. The third-order valence-corrected chi connectivity index (χ3v) is 4.39. The molecule has 2 aromatic rings. The van der Waals surface area contributed by atoms with Gasteiger partial charge in [-0.3, -0.25) is 4.79 Å². The van der Waals surface area contributed by atoms with Gasteiger partial charge in [0.15, 0.2) is 6.61 Å². The summed E-state index contributed by atoms with van der Waals surface area (Å²) >= 11 is 0.